The van der Waals surface area contributed by atoms with E-state index in [1.54, 1.807) is 51.4 Å². The molecule has 0 aliphatic rings. The van der Waals surface area contributed by atoms with Gasteiger partial charge in [0, 0.05) is 42.9 Å². The number of carbonyl (C=O) groups is 1. The topological polar surface area (TPSA) is 120 Å². The summed E-state index contributed by atoms with van der Waals surface area (Å²) in [6.45, 7) is 20.3. The fourth-order valence-corrected chi connectivity index (χ4v) is 6.48. The minimum Gasteiger partial charge on any atom is -0.491 e. The minimum absolute atomic E-state index is 0.112. The van der Waals surface area contributed by atoms with Crippen molar-refractivity contribution in [1.29, 1.82) is 0 Å². The number of ether oxygens (including phenoxy) is 2. The van der Waals surface area contributed by atoms with Crippen molar-refractivity contribution in [3.05, 3.63) is 99.5 Å². The number of benzene rings is 3. The van der Waals surface area contributed by atoms with Crippen molar-refractivity contribution in [3.8, 4) is 39.7 Å². The lowest BCUT2D eigenvalue weighted by molar-refractivity contribution is -0.134. The van der Waals surface area contributed by atoms with Crippen LogP contribution in [0.25, 0.3) is 33.4 Å². The number of hydrogen-bond donors (Lipinski definition) is 2. The lowest BCUT2D eigenvalue weighted by Gasteiger charge is -2.36. The summed E-state index contributed by atoms with van der Waals surface area (Å²) >= 11 is 0. The smallest absolute Gasteiger partial charge is 0.300 e. The molecule has 2 heterocycles. The zero-order valence-electron chi connectivity index (χ0n) is 32.2. The van der Waals surface area contributed by atoms with E-state index in [-0.39, 0.29) is 22.1 Å². The molecule has 284 valence electrons. The molecule has 0 saturated heterocycles. The van der Waals surface area contributed by atoms with Gasteiger partial charge >= 0.3 is 0 Å². The van der Waals surface area contributed by atoms with E-state index in [1.807, 2.05) is 26.0 Å². The van der Waals surface area contributed by atoms with Crippen molar-refractivity contribution in [2.45, 2.75) is 79.1 Å². The van der Waals surface area contributed by atoms with Crippen molar-refractivity contribution in [2.75, 3.05) is 13.2 Å². The molecule has 0 amide bonds. The molecule has 2 aromatic heterocycles. The second-order valence-electron chi connectivity index (χ2n) is 15.2. The summed E-state index contributed by atoms with van der Waals surface area (Å²) in [5.41, 5.74) is 2.88. The third-order valence-corrected chi connectivity index (χ3v) is 13.8. The van der Waals surface area contributed by atoms with Crippen LogP contribution >= 0.6 is 0 Å². The predicted octanol–water partition coefficient (Wildman–Crippen LogP) is 9.87. The van der Waals surface area contributed by atoms with Gasteiger partial charge in [-0.3, -0.25) is 9.59 Å². The molecule has 0 spiro atoms. The molecule has 0 fully saturated rings. The average molecular weight is 750 g/mol. The lowest BCUT2D eigenvalue weighted by atomic mass is 9.93. The van der Waals surface area contributed by atoms with E-state index in [4.69, 9.17) is 28.2 Å². The van der Waals surface area contributed by atoms with Crippen molar-refractivity contribution in [2.24, 2.45) is 7.05 Å². The van der Waals surface area contributed by atoms with E-state index in [2.05, 4.69) is 33.9 Å². The summed E-state index contributed by atoms with van der Waals surface area (Å²) in [4.78, 5) is 22.4. The Bertz CT molecular complexity index is 2160. The maximum atomic E-state index is 14.7. The summed E-state index contributed by atoms with van der Waals surface area (Å²) in [6.07, 6.45) is 1.62. The SMILES string of the molecule is CC(=O)O.Cc1cc(-c2cc3c(=O)n(C)cc(-c4cc(C(C)(C)O)ccc4Oc4ccc(F)cc4F)c3o2)cc(C)c1OCCO[Si](C)(C)C(C)(C)C. The molecular weight excluding hydrogens is 701 g/mol. The van der Waals surface area contributed by atoms with Crippen LogP contribution in [0.4, 0.5) is 8.78 Å². The van der Waals surface area contributed by atoms with Gasteiger partial charge in [-0.15, -0.1) is 0 Å². The monoisotopic (exact) mass is 749 g/mol. The number of carboxylic acid groups (broad SMARTS) is 1. The lowest BCUT2D eigenvalue weighted by Crippen LogP contribution is -2.41. The molecule has 5 aromatic rings. The highest BCUT2D eigenvalue weighted by Crippen LogP contribution is 2.42. The Morgan fingerprint density at radius 1 is 0.906 bits per heavy atom. The van der Waals surface area contributed by atoms with Gasteiger partial charge in [-0.1, -0.05) is 26.8 Å². The Morgan fingerprint density at radius 2 is 1.51 bits per heavy atom. The van der Waals surface area contributed by atoms with Crippen molar-refractivity contribution < 1.29 is 42.1 Å². The van der Waals surface area contributed by atoms with Crippen LogP contribution in [0.15, 0.2) is 70.0 Å². The van der Waals surface area contributed by atoms with E-state index in [9.17, 15) is 18.7 Å². The van der Waals surface area contributed by atoms with Gasteiger partial charge in [0.25, 0.3) is 11.5 Å². The fourth-order valence-electron chi connectivity index (χ4n) is 5.45. The van der Waals surface area contributed by atoms with E-state index < -0.39 is 31.5 Å². The molecule has 2 N–H and O–H groups in total. The van der Waals surface area contributed by atoms with Crippen LogP contribution in [0.2, 0.25) is 18.1 Å². The molecular formula is C41H49F2NO8Si. The number of carboxylic acids is 1. The summed E-state index contributed by atoms with van der Waals surface area (Å²) < 4.78 is 54.7. The Labute approximate surface area is 309 Å². The highest BCUT2D eigenvalue weighted by molar-refractivity contribution is 6.74. The molecule has 0 bridgehead atoms. The summed E-state index contributed by atoms with van der Waals surface area (Å²) in [5, 5.41) is 18.7. The van der Waals surface area contributed by atoms with Crippen LogP contribution in [0.3, 0.4) is 0 Å². The van der Waals surface area contributed by atoms with Crippen molar-refractivity contribution >= 4 is 25.3 Å². The third kappa shape index (κ3) is 9.61. The maximum absolute atomic E-state index is 14.7. The first kappa shape index (κ1) is 41.0. The molecule has 0 aliphatic heterocycles. The number of nitrogens with zero attached hydrogens (tertiary/aromatic N) is 1. The molecule has 0 unspecified atom stereocenters. The maximum Gasteiger partial charge on any atom is 0.300 e. The molecule has 0 saturated carbocycles. The number of aliphatic carboxylic acids is 1. The quantitative estimate of drug-likeness (QED) is 0.107. The van der Waals surface area contributed by atoms with Gasteiger partial charge in [-0.2, -0.15) is 0 Å². The minimum atomic E-state index is -1.89. The summed E-state index contributed by atoms with van der Waals surface area (Å²) in [5.74, 6) is -1.14. The first-order valence-corrected chi connectivity index (χ1v) is 20.1. The highest BCUT2D eigenvalue weighted by atomic mass is 28.4. The van der Waals surface area contributed by atoms with Gasteiger partial charge in [-0.25, -0.2) is 8.78 Å². The van der Waals surface area contributed by atoms with Crippen molar-refractivity contribution in [3.63, 3.8) is 0 Å². The molecule has 0 radical (unpaired) electrons. The van der Waals surface area contributed by atoms with E-state index in [0.29, 0.717) is 46.6 Å². The zero-order chi connectivity index (χ0) is 39.6. The van der Waals surface area contributed by atoms with E-state index in [0.717, 1.165) is 41.5 Å². The van der Waals surface area contributed by atoms with Crippen molar-refractivity contribution in [1.82, 2.24) is 4.57 Å². The van der Waals surface area contributed by atoms with Crippen LogP contribution in [-0.2, 0) is 21.9 Å². The van der Waals surface area contributed by atoms with E-state index >= 15 is 0 Å². The first-order valence-electron chi connectivity index (χ1n) is 17.2. The van der Waals surface area contributed by atoms with Crippen LogP contribution in [-0.4, -0.2) is 42.3 Å². The second kappa shape index (κ2) is 15.7. The van der Waals surface area contributed by atoms with Gasteiger partial charge in [-0.05, 0) is 105 Å². The average Bonchev–Trinajstić information content (AvgIpc) is 3.48. The molecule has 3 aromatic carbocycles. The normalized spacial score (nSPS) is 12.0. The van der Waals surface area contributed by atoms with Crippen LogP contribution in [0.5, 0.6) is 17.2 Å². The Balaban J connectivity index is 0.00000149. The number of rotatable bonds is 10. The molecule has 9 nitrogen and oxygen atoms in total. The summed E-state index contributed by atoms with van der Waals surface area (Å²) in [7, 11) is -0.257. The Kier molecular flexibility index (Phi) is 12.1. The molecule has 0 aliphatic carbocycles. The van der Waals surface area contributed by atoms with Gasteiger partial charge in [0.15, 0.2) is 19.9 Å². The second-order valence-corrected chi connectivity index (χ2v) is 20.0. The number of aromatic nitrogens is 1. The predicted molar refractivity (Wildman–Crippen MR) is 205 cm³/mol. The Hall–Kier alpha value is -4.78. The fraction of sp³-hybridized carbons (Fsp3) is 0.366. The standard InChI is InChI=1S/C39H45F2NO6Si.C2H4O2/c1-23-17-25(18-24(2)35(23)45-15-16-46-49(9,10)38(3,4)5)34-21-29-36(48-34)30(22-42(8)37(29)43)28-19-26(39(6,7)44)11-13-32(28)47-33-14-12-27(40)20-31(33)41;1-2(3)4/h11-14,17-22,44H,15-16H2,1-10H3;1H3,(H,3,4). The molecule has 12 heteroatoms. The highest BCUT2D eigenvalue weighted by Gasteiger charge is 2.37. The number of pyridine rings is 1. The number of aliphatic hydroxyl groups is 1. The molecule has 53 heavy (non-hydrogen) atoms. The van der Waals surface area contributed by atoms with Crippen LogP contribution < -0.4 is 15.0 Å². The molecule has 5 rings (SSSR count). The van der Waals surface area contributed by atoms with Gasteiger partial charge in [0.05, 0.1) is 17.6 Å². The number of halogens is 2. The number of aryl methyl sites for hydroxylation is 3. The largest absolute Gasteiger partial charge is 0.491 e. The Morgan fingerprint density at radius 3 is 2.08 bits per heavy atom. The van der Waals surface area contributed by atoms with Gasteiger partial charge in [0.1, 0.15) is 35.3 Å². The number of fused-ring (bicyclic) bond motifs is 1. The van der Waals surface area contributed by atoms with Crippen LogP contribution in [0.1, 0.15) is 58.2 Å². The summed E-state index contributed by atoms with van der Waals surface area (Å²) in [6, 6.07) is 13.7. The molecule has 0 atom stereocenters. The van der Waals surface area contributed by atoms with Crippen LogP contribution in [0, 0.1) is 25.5 Å². The van der Waals surface area contributed by atoms with Gasteiger partial charge in [0.2, 0.25) is 0 Å². The zero-order valence-corrected chi connectivity index (χ0v) is 33.2. The van der Waals surface area contributed by atoms with E-state index in [1.165, 1.54) is 10.6 Å². The first-order chi connectivity index (χ1) is 24.5. The number of furan rings is 1. The number of hydrogen-bond acceptors (Lipinski definition) is 7. The third-order valence-electron chi connectivity index (χ3n) is 9.28. The van der Waals surface area contributed by atoms with Gasteiger partial charge < -0.3 is 33.1 Å².